The number of rotatable bonds is 4. The second-order valence-corrected chi connectivity index (χ2v) is 3.62. The predicted molar refractivity (Wildman–Crippen MR) is 65.4 cm³/mol. The minimum Gasteiger partial charge on any atom is -0.369 e. The Hall–Kier alpha value is -2.44. The van der Waals surface area contributed by atoms with E-state index in [4.69, 9.17) is 4.52 Å². The molecule has 7 heteroatoms. The SMILES string of the molecule is CCNc1ccc(C(=O)Nc2cc(C)no2)nn1. The molecule has 0 saturated carbocycles. The molecule has 0 aliphatic rings. The third-order valence-corrected chi connectivity index (χ3v) is 2.12. The quantitative estimate of drug-likeness (QED) is 0.849. The molecule has 2 N–H and O–H groups in total. The molecular weight excluding hydrogens is 234 g/mol. The summed E-state index contributed by atoms with van der Waals surface area (Å²) >= 11 is 0. The van der Waals surface area contributed by atoms with Gasteiger partial charge in [0.05, 0.1) is 5.69 Å². The summed E-state index contributed by atoms with van der Waals surface area (Å²) in [6, 6.07) is 4.90. The number of carbonyl (C=O) groups is 1. The lowest BCUT2D eigenvalue weighted by atomic mass is 10.3. The summed E-state index contributed by atoms with van der Waals surface area (Å²) in [5.74, 6) is 0.529. The minimum atomic E-state index is -0.387. The van der Waals surface area contributed by atoms with Crippen molar-refractivity contribution in [2.75, 3.05) is 17.2 Å². The van der Waals surface area contributed by atoms with Crippen molar-refractivity contribution in [1.29, 1.82) is 0 Å². The highest BCUT2D eigenvalue weighted by Gasteiger charge is 2.11. The van der Waals surface area contributed by atoms with Gasteiger partial charge in [-0.2, -0.15) is 0 Å². The van der Waals surface area contributed by atoms with Crippen LogP contribution in [0.15, 0.2) is 22.7 Å². The fraction of sp³-hybridized carbons (Fsp3) is 0.273. The Kier molecular flexibility index (Phi) is 3.52. The molecule has 2 aromatic rings. The van der Waals surface area contributed by atoms with E-state index in [0.29, 0.717) is 11.5 Å². The summed E-state index contributed by atoms with van der Waals surface area (Å²) in [4.78, 5) is 11.8. The van der Waals surface area contributed by atoms with Crippen molar-refractivity contribution in [1.82, 2.24) is 15.4 Å². The summed E-state index contributed by atoms with van der Waals surface area (Å²) in [5, 5.41) is 16.9. The summed E-state index contributed by atoms with van der Waals surface area (Å²) in [5.41, 5.74) is 0.907. The van der Waals surface area contributed by atoms with Gasteiger partial charge in [0.15, 0.2) is 5.69 Å². The van der Waals surface area contributed by atoms with Crippen LogP contribution >= 0.6 is 0 Å². The minimum absolute atomic E-state index is 0.214. The van der Waals surface area contributed by atoms with Crippen LogP contribution in [0.3, 0.4) is 0 Å². The predicted octanol–water partition coefficient (Wildman–Crippen LogP) is 1.46. The van der Waals surface area contributed by atoms with Crippen LogP contribution in [0, 0.1) is 6.92 Å². The van der Waals surface area contributed by atoms with Gasteiger partial charge in [-0.05, 0) is 26.0 Å². The Morgan fingerprint density at radius 1 is 1.39 bits per heavy atom. The molecule has 18 heavy (non-hydrogen) atoms. The first kappa shape index (κ1) is 12.0. The Labute approximate surface area is 104 Å². The number of carbonyl (C=O) groups excluding carboxylic acids is 1. The van der Waals surface area contributed by atoms with Crippen LogP contribution in [0.2, 0.25) is 0 Å². The first-order valence-corrected chi connectivity index (χ1v) is 5.51. The molecule has 0 aliphatic heterocycles. The van der Waals surface area contributed by atoms with Crippen LogP contribution in [0.1, 0.15) is 23.1 Å². The zero-order valence-corrected chi connectivity index (χ0v) is 10.1. The van der Waals surface area contributed by atoms with Gasteiger partial charge in [-0.3, -0.25) is 10.1 Å². The van der Waals surface area contributed by atoms with Crippen LogP contribution in [0.4, 0.5) is 11.7 Å². The van der Waals surface area contributed by atoms with Gasteiger partial charge in [-0.15, -0.1) is 10.2 Å². The largest absolute Gasteiger partial charge is 0.369 e. The molecule has 0 atom stereocenters. The molecule has 0 fully saturated rings. The first-order valence-electron chi connectivity index (χ1n) is 5.51. The normalized spacial score (nSPS) is 10.1. The maximum atomic E-state index is 11.8. The van der Waals surface area contributed by atoms with E-state index < -0.39 is 0 Å². The molecule has 2 heterocycles. The molecule has 0 radical (unpaired) electrons. The number of nitrogens with one attached hydrogen (secondary N) is 2. The molecule has 0 bridgehead atoms. The average molecular weight is 247 g/mol. The third kappa shape index (κ3) is 2.82. The van der Waals surface area contributed by atoms with E-state index in [1.165, 1.54) is 0 Å². The topological polar surface area (TPSA) is 92.9 Å². The van der Waals surface area contributed by atoms with E-state index in [1.807, 2.05) is 6.92 Å². The third-order valence-electron chi connectivity index (χ3n) is 2.12. The van der Waals surface area contributed by atoms with Crippen LogP contribution < -0.4 is 10.6 Å². The summed E-state index contributed by atoms with van der Waals surface area (Å²) in [6.45, 7) is 4.47. The van der Waals surface area contributed by atoms with Crippen molar-refractivity contribution in [3.05, 3.63) is 29.6 Å². The number of anilines is 2. The van der Waals surface area contributed by atoms with E-state index in [2.05, 4.69) is 26.0 Å². The molecule has 2 rings (SSSR count). The number of hydrogen-bond acceptors (Lipinski definition) is 6. The maximum absolute atomic E-state index is 11.8. The lowest BCUT2D eigenvalue weighted by molar-refractivity contribution is 0.101. The number of amides is 1. The van der Waals surface area contributed by atoms with Gasteiger partial charge in [0.1, 0.15) is 5.82 Å². The zero-order chi connectivity index (χ0) is 13.0. The Morgan fingerprint density at radius 2 is 2.22 bits per heavy atom. The van der Waals surface area contributed by atoms with Gasteiger partial charge in [-0.1, -0.05) is 5.16 Å². The Balaban J connectivity index is 2.04. The van der Waals surface area contributed by atoms with E-state index in [9.17, 15) is 4.79 Å². The van der Waals surface area contributed by atoms with E-state index in [1.54, 1.807) is 25.1 Å². The molecule has 2 aromatic heterocycles. The average Bonchev–Trinajstić information content (AvgIpc) is 2.76. The van der Waals surface area contributed by atoms with Gasteiger partial charge in [0, 0.05) is 12.6 Å². The van der Waals surface area contributed by atoms with Crippen molar-refractivity contribution in [3.8, 4) is 0 Å². The second kappa shape index (κ2) is 5.26. The maximum Gasteiger partial charge on any atom is 0.278 e. The van der Waals surface area contributed by atoms with Crippen molar-refractivity contribution in [3.63, 3.8) is 0 Å². The number of hydrogen-bond donors (Lipinski definition) is 2. The molecular formula is C11H13N5O2. The van der Waals surface area contributed by atoms with Gasteiger partial charge >= 0.3 is 0 Å². The van der Waals surface area contributed by atoms with E-state index in [0.717, 1.165) is 6.54 Å². The molecule has 0 saturated heterocycles. The highest BCUT2D eigenvalue weighted by molar-refractivity contribution is 6.01. The molecule has 0 unspecified atom stereocenters. The van der Waals surface area contributed by atoms with Crippen molar-refractivity contribution >= 4 is 17.6 Å². The summed E-state index contributed by atoms with van der Waals surface area (Å²) < 4.78 is 4.88. The Morgan fingerprint density at radius 3 is 2.78 bits per heavy atom. The zero-order valence-electron chi connectivity index (χ0n) is 10.1. The Bertz CT molecular complexity index is 535. The molecule has 1 amide bonds. The standard InChI is InChI=1S/C11H13N5O2/c1-3-12-9-5-4-8(14-15-9)11(17)13-10-6-7(2)16-18-10/h4-6H,3H2,1-2H3,(H,12,15)(H,13,17). The van der Waals surface area contributed by atoms with Gasteiger partial charge in [0.25, 0.3) is 5.91 Å². The molecule has 0 aromatic carbocycles. The highest BCUT2D eigenvalue weighted by atomic mass is 16.5. The fourth-order valence-electron chi connectivity index (χ4n) is 1.33. The van der Waals surface area contributed by atoms with Gasteiger partial charge in [-0.25, -0.2) is 0 Å². The van der Waals surface area contributed by atoms with Crippen LogP contribution in [0.5, 0.6) is 0 Å². The van der Waals surface area contributed by atoms with E-state index >= 15 is 0 Å². The van der Waals surface area contributed by atoms with Crippen LogP contribution in [-0.4, -0.2) is 27.8 Å². The number of aromatic nitrogens is 3. The summed E-state index contributed by atoms with van der Waals surface area (Å²) in [6.07, 6.45) is 0. The molecule has 7 nitrogen and oxygen atoms in total. The van der Waals surface area contributed by atoms with Crippen LogP contribution in [0.25, 0.3) is 0 Å². The van der Waals surface area contributed by atoms with Crippen LogP contribution in [-0.2, 0) is 0 Å². The van der Waals surface area contributed by atoms with E-state index in [-0.39, 0.29) is 17.5 Å². The molecule has 0 spiro atoms. The van der Waals surface area contributed by atoms with Gasteiger partial charge in [0.2, 0.25) is 5.88 Å². The monoisotopic (exact) mass is 247 g/mol. The molecule has 0 aliphatic carbocycles. The lowest BCUT2D eigenvalue weighted by Crippen LogP contribution is -2.14. The number of aryl methyl sites for hydroxylation is 1. The number of nitrogens with zero attached hydrogens (tertiary/aromatic N) is 3. The van der Waals surface area contributed by atoms with Crippen molar-refractivity contribution < 1.29 is 9.32 Å². The first-order chi connectivity index (χ1) is 8.69. The molecule has 94 valence electrons. The second-order valence-electron chi connectivity index (χ2n) is 3.62. The highest BCUT2D eigenvalue weighted by Crippen LogP contribution is 2.10. The summed E-state index contributed by atoms with van der Waals surface area (Å²) in [7, 11) is 0. The van der Waals surface area contributed by atoms with Crippen molar-refractivity contribution in [2.24, 2.45) is 0 Å². The fourth-order valence-corrected chi connectivity index (χ4v) is 1.33. The smallest absolute Gasteiger partial charge is 0.278 e. The van der Waals surface area contributed by atoms with Gasteiger partial charge < -0.3 is 9.84 Å². The van der Waals surface area contributed by atoms with Crippen molar-refractivity contribution in [2.45, 2.75) is 13.8 Å². The lowest BCUT2D eigenvalue weighted by Gasteiger charge is -2.02.